The fourth-order valence-electron chi connectivity index (χ4n) is 4.26. The smallest absolute Gasteiger partial charge is 0.194 e. The molecule has 0 spiro atoms. The fourth-order valence-corrected chi connectivity index (χ4v) is 4.26. The molecule has 4 heteroatoms. The molecule has 0 N–H and O–H groups in total. The highest BCUT2D eigenvalue weighted by atomic mass is 19.2. The molecule has 4 rings (SSSR count). The standard InChI is InChI=1S/C28H24F4/c1-2-3-4-18-5-8-20(9-6-18)21-11-12-22-15-23(25(29)17-24(22)16-21)10-7-19-13-26(30)28(32)27(31)14-19/h5-6,8-9,13-15,17,21H,2-4,11-12,16H2,1H3. The maximum Gasteiger partial charge on any atom is 0.194 e. The summed E-state index contributed by atoms with van der Waals surface area (Å²) in [5.41, 5.74) is 4.78. The zero-order chi connectivity index (χ0) is 22.7. The van der Waals surface area contributed by atoms with Gasteiger partial charge in [0.2, 0.25) is 0 Å². The SMILES string of the molecule is CCCCc1ccc(C2CCc3cc(C#Cc4cc(F)c(F)c(F)c4)c(F)cc3C2)cc1. The lowest BCUT2D eigenvalue weighted by molar-refractivity contribution is 0.446. The molecule has 1 aliphatic carbocycles. The largest absolute Gasteiger partial charge is 0.206 e. The molecule has 3 aromatic rings. The van der Waals surface area contributed by atoms with Gasteiger partial charge in [-0.25, -0.2) is 17.6 Å². The molecule has 0 aromatic heterocycles. The number of unbranched alkanes of at least 4 members (excludes halogenated alkanes) is 1. The van der Waals surface area contributed by atoms with E-state index in [-0.39, 0.29) is 11.1 Å². The van der Waals surface area contributed by atoms with Crippen molar-refractivity contribution in [1.82, 2.24) is 0 Å². The van der Waals surface area contributed by atoms with Gasteiger partial charge < -0.3 is 0 Å². The van der Waals surface area contributed by atoms with Crippen LogP contribution in [0.3, 0.4) is 0 Å². The Morgan fingerprint density at radius 3 is 2.25 bits per heavy atom. The van der Waals surface area contributed by atoms with Gasteiger partial charge in [0.15, 0.2) is 17.5 Å². The lowest BCUT2D eigenvalue weighted by Gasteiger charge is -2.25. The summed E-state index contributed by atoms with van der Waals surface area (Å²) in [4.78, 5) is 0. The van der Waals surface area contributed by atoms with Crippen molar-refractivity contribution in [2.45, 2.75) is 51.4 Å². The van der Waals surface area contributed by atoms with Crippen LogP contribution < -0.4 is 0 Å². The number of hydrogen-bond donors (Lipinski definition) is 0. The molecule has 1 atom stereocenters. The van der Waals surface area contributed by atoms with Crippen LogP contribution in [-0.4, -0.2) is 0 Å². The van der Waals surface area contributed by atoms with E-state index in [4.69, 9.17) is 0 Å². The molecule has 0 radical (unpaired) electrons. The van der Waals surface area contributed by atoms with E-state index in [1.54, 1.807) is 6.07 Å². The third-order valence-corrected chi connectivity index (χ3v) is 6.11. The van der Waals surface area contributed by atoms with Crippen molar-refractivity contribution in [1.29, 1.82) is 0 Å². The van der Waals surface area contributed by atoms with Crippen molar-refractivity contribution < 1.29 is 17.6 Å². The molecule has 1 aliphatic rings. The van der Waals surface area contributed by atoms with Gasteiger partial charge in [-0.1, -0.05) is 49.5 Å². The Kier molecular flexibility index (Phi) is 6.65. The van der Waals surface area contributed by atoms with Gasteiger partial charge in [0, 0.05) is 5.56 Å². The molecule has 0 saturated carbocycles. The zero-order valence-corrected chi connectivity index (χ0v) is 18.0. The third-order valence-electron chi connectivity index (χ3n) is 6.11. The monoisotopic (exact) mass is 436 g/mol. The van der Waals surface area contributed by atoms with Gasteiger partial charge >= 0.3 is 0 Å². The van der Waals surface area contributed by atoms with E-state index in [0.717, 1.165) is 48.9 Å². The van der Waals surface area contributed by atoms with E-state index in [2.05, 4.69) is 43.0 Å². The predicted molar refractivity (Wildman–Crippen MR) is 119 cm³/mol. The van der Waals surface area contributed by atoms with Crippen molar-refractivity contribution in [3.63, 3.8) is 0 Å². The average Bonchev–Trinajstić information content (AvgIpc) is 2.79. The number of aryl methyl sites for hydroxylation is 2. The van der Waals surface area contributed by atoms with E-state index in [0.29, 0.717) is 5.92 Å². The number of halogens is 4. The topological polar surface area (TPSA) is 0 Å². The first-order valence-corrected chi connectivity index (χ1v) is 11.0. The summed E-state index contributed by atoms with van der Waals surface area (Å²) in [5, 5.41) is 0. The van der Waals surface area contributed by atoms with Crippen molar-refractivity contribution in [3.8, 4) is 11.8 Å². The van der Waals surface area contributed by atoms with Crippen LogP contribution in [0, 0.1) is 35.1 Å². The van der Waals surface area contributed by atoms with Crippen LogP contribution in [0.15, 0.2) is 48.5 Å². The summed E-state index contributed by atoms with van der Waals surface area (Å²) in [5.74, 6) is 0.890. The second-order valence-corrected chi connectivity index (χ2v) is 8.39. The Labute approximate surface area is 186 Å². The molecule has 0 heterocycles. The molecular formula is C28H24F4. The quantitative estimate of drug-likeness (QED) is 0.229. The van der Waals surface area contributed by atoms with Crippen molar-refractivity contribution in [3.05, 3.63) is 105 Å². The summed E-state index contributed by atoms with van der Waals surface area (Å²) in [6, 6.07) is 13.6. The van der Waals surface area contributed by atoms with E-state index in [9.17, 15) is 17.6 Å². The maximum absolute atomic E-state index is 14.7. The summed E-state index contributed by atoms with van der Waals surface area (Å²) in [6.45, 7) is 2.19. The van der Waals surface area contributed by atoms with Crippen LogP contribution in [0.2, 0.25) is 0 Å². The van der Waals surface area contributed by atoms with Crippen LogP contribution in [0.25, 0.3) is 0 Å². The molecule has 3 aromatic carbocycles. The minimum absolute atomic E-state index is 0.0408. The number of rotatable bonds is 4. The minimum atomic E-state index is -1.54. The second-order valence-electron chi connectivity index (χ2n) is 8.39. The van der Waals surface area contributed by atoms with Gasteiger partial charge in [0.25, 0.3) is 0 Å². The molecule has 0 fully saturated rings. The Morgan fingerprint density at radius 1 is 0.844 bits per heavy atom. The average molecular weight is 436 g/mol. The molecule has 0 nitrogen and oxygen atoms in total. The van der Waals surface area contributed by atoms with Crippen molar-refractivity contribution in [2.24, 2.45) is 0 Å². The Morgan fingerprint density at radius 2 is 1.56 bits per heavy atom. The lowest BCUT2D eigenvalue weighted by Crippen LogP contribution is -2.13. The van der Waals surface area contributed by atoms with Crippen LogP contribution in [0.4, 0.5) is 17.6 Å². The summed E-state index contributed by atoms with van der Waals surface area (Å²) in [6.07, 6.45) is 6.00. The fraction of sp³-hybridized carbons (Fsp3) is 0.286. The first-order chi connectivity index (χ1) is 15.4. The second kappa shape index (κ2) is 9.61. The molecule has 1 unspecified atom stereocenters. The first-order valence-electron chi connectivity index (χ1n) is 11.0. The summed E-state index contributed by atoms with van der Waals surface area (Å²) >= 11 is 0. The highest BCUT2D eigenvalue weighted by molar-refractivity contribution is 5.48. The van der Waals surface area contributed by atoms with Crippen LogP contribution in [-0.2, 0) is 19.3 Å². The minimum Gasteiger partial charge on any atom is -0.206 e. The van der Waals surface area contributed by atoms with Gasteiger partial charge in [-0.05, 0) is 84.5 Å². The maximum atomic E-state index is 14.7. The van der Waals surface area contributed by atoms with Gasteiger partial charge in [-0.3, -0.25) is 0 Å². The molecule has 0 bridgehead atoms. The molecule has 32 heavy (non-hydrogen) atoms. The van der Waals surface area contributed by atoms with Crippen LogP contribution >= 0.6 is 0 Å². The molecule has 164 valence electrons. The van der Waals surface area contributed by atoms with E-state index >= 15 is 0 Å². The number of hydrogen-bond acceptors (Lipinski definition) is 0. The highest BCUT2D eigenvalue weighted by Gasteiger charge is 2.22. The van der Waals surface area contributed by atoms with Gasteiger partial charge in [-0.15, -0.1) is 0 Å². The van der Waals surface area contributed by atoms with Crippen LogP contribution in [0.1, 0.15) is 65.5 Å². The lowest BCUT2D eigenvalue weighted by atomic mass is 9.79. The summed E-state index contributed by atoms with van der Waals surface area (Å²) < 4.78 is 54.5. The Balaban J connectivity index is 1.52. The van der Waals surface area contributed by atoms with E-state index < -0.39 is 23.3 Å². The molecule has 0 saturated heterocycles. The number of fused-ring (bicyclic) bond motifs is 1. The molecule has 0 amide bonds. The Bertz CT molecular complexity index is 1160. The van der Waals surface area contributed by atoms with Gasteiger partial charge in [0.1, 0.15) is 5.82 Å². The number of benzene rings is 3. The predicted octanol–water partition coefficient (Wildman–Crippen LogP) is 7.26. The highest BCUT2D eigenvalue weighted by Crippen LogP contribution is 2.34. The van der Waals surface area contributed by atoms with Gasteiger partial charge in [0.05, 0.1) is 5.56 Å². The zero-order valence-electron chi connectivity index (χ0n) is 18.0. The van der Waals surface area contributed by atoms with Crippen molar-refractivity contribution in [2.75, 3.05) is 0 Å². The van der Waals surface area contributed by atoms with Gasteiger partial charge in [-0.2, -0.15) is 0 Å². The summed E-state index contributed by atoms with van der Waals surface area (Å²) in [7, 11) is 0. The van der Waals surface area contributed by atoms with E-state index in [1.165, 1.54) is 30.0 Å². The van der Waals surface area contributed by atoms with E-state index in [1.807, 2.05) is 0 Å². The normalized spacial score (nSPS) is 15.1. The molecular weight excluding hydrogens is 412 g/mol. The van der Waals surface area contributed by atoms with Crippen LogP contribution in [0.5, 0.6) is 0 Å². The third kappa shape index (κ3) is 4.88. The van der Waals surface area contributed by atoms with Crippen molar-refractivity contribution >= 4 is 0 Å². The molecule has 0 aliphatic heterocycles. The Hall–Kier alpha value is -3.06. The first kappa shape index (κ1) is 22.1.